The van der Waals surface area contributed by atoms with Crippen molar-refractivity contribution in [3.63, 3.8) is 0 Å². The van der Waals surface area contributed by atoms with E-state index in [1.807, 2.05) is 4.90 Å². The van der Waals surface area contributed by atoms with Gasteiger partial charge in [-0.3, -0.25) is 4.79 Å². The lowest BCUT2D eigenvalue weighted by atomic mass is 9.99. The van der Waals surface area contributed by atoms with Crippen LogP contribution in [0.4, 0.5) is 0 Å². The summed E-state index contributed by atoms with van der Waals surface area (Å²) >= 11 is 0. The van der Waals surface area contributed by atoms with Crippen LogP contribution in [0.5, 0.6) is 0 Å². The maximum atomic E-state index is 12.7. The second kappa shape index (κ2) is 5.10. The molecule has 6 heteroatoms. The Hall–Kier alpha value is -1.40. The zero-order valence-corrected chi connectivity index (χ0v) is 12.7. The Morgan fingerprint density at radius 2 is 1.86 bits per heavy atom. The van der Waals surface area contributed by atoms with Crippen molar-refractivity contribution >= 4 is 15.7 Å². The maximum absolute atomic E-state index is 12.7. The molecule has 1 N–H and O–H groups in total. The number of sulfone groups is 1. The summed E-state index contributed by atoms with van der Waals surface area (Å²) in [6, 6.07) is 6.36. The van der Waals surface area contributed by atoms with E-state index in [4.69, 9.17) is 0 Å². The van der Waals surface area contributed by atoms with Crippen molar-refractivity contribution in [2.24, 2.45) is 0 Å². The number of fused-ring (bicyclic) bond motifs is 2. The number of rotatable bonds is 2. The van der Waals surface area contributed by atoms with Crippen molar-refractivity contribution in [2.45, 2.75) is 48.8 Å². The van der Waals surface area contributed by atoms with Crippen LogP contribution in [0, 0.1) is 0 Å². The van der Waals surface area contributed by atoms with Gasteiger partial charge in [0.15, 0.2) is 9.84 Å². The minimum atomic E-state index is -3.32. The Morgan fingerprint density at radius 1 is 1.24 bits per heavy atom. The van der Waals surface area contributed by atoms with Crippen molar-refractivity contribution in [2.75, 3.05) is 6.26 Å². The van der Waals surface area contributed by atoms with Gasteiger partial charge in [-0.05, 0) is 43.9 Å². The van der Waals surface area contributed by atoms with E-state index in [1.54, 1.807) is 12.1 Å². The van der Waals surface area contributed by atoms with Crippen molar-refractivity contribution in [3.05, 3.63) is 29.8 Å². The van der Waals surface area contributed by atoms with Crippen LogP contribution in [-0.2, 0) is 9.84 Å². The van der Waals surface area contributed by atoms with Crippen LogP contribution in [-0.4, -0.2) is 48.8 Å². The van der Waals surface area contributed by atoms with Gasteiger partial charge in [-0.25, -0.2) is 8.42 Å². The lowest BCUT2D eigenvalue weighted by molar-refractivity contribution is 0.0286. The molecule has 1 aromatic rings. The fourth-order valence-corrected chi connectivity index (χ4v) is 4.16. The third kappa shape index (κ3) is 2.70. The standard InChI is InChI=1S/C15H19NO4S/c1-21(19,20)14-4-2-3-10(7-14)15(18)16-11-5-6-12(16)9-13(17)8-11/h2-4,7,11-13,17H,5-6,8-9H2,1H3. The highest BCUT2D eigenvalue weighted by Gasteiger charge is 2.42. The summed E-state index contributed by atoms with van der Waals surface area (Å²) in [5, 5.41) is 9.79. The van der Waals surface area contributed by atoms with Gasteiger partial charge in [0.2, 0.25) is 0 Å². The topological polar surface area (TPSA) is 74.7 Å². The SMILES string of the molecule is CS(=O)(=O)c1cccc(C(=O)N2C3CCC2CC(O)C3)c1. The Balaban J connectivity index is 1.90. The molecule has 1 aromatic carbocycles. The second-order valence-corrected chi connectivity index (χ2v) is 8.04. The molecule has 2 fully saturated rings. The second-order valence-electron chi connectivity index (χ2n) is 6.02. The normalized spacial score (nSPS) is 28.7. The first-order valence-corrected chi connectivity index (χ1v) is 9.06. The third-order valence-electron chi connectivity index (χ3n) is 4.45. The minimum Gasteiger partial charge on any atom is -0.393 e. The molecule has 2 aliphatic heterocycles. The molecule has 114 valence electrons. The smallest absolute Gasteiger partial charge is 0.254 e. The molecule has 0 aromatic heterocycles. The number of nitrogens with zero attached hydrogens (tertiary/aromatic N) is 1. The van der Waals surface area contributed by atoms with Gasteiger partial charge in [0.1, 0.15) is 0 Å². The molecule has 1 amide bonds. The number of aliphatic hydroxyl groups is 1. The number of amides is 1. The Labute approximate surface area is 124 Å². The number of hydrogen-bond acceptors (Lipinski definition) is 4. The van der Waals surface area contributed by atoms with E-state index in [0.717, 1.165) is 19.1 Å². The van der Waals surface area contributed by atoms with Gasteiger partial charge in [-0.15, -0.1) is 0 Å². The number of benzene rings is 1. The van der Waals surface area contributed by atoms with E-state index < -0.39 is 9.84 Å². The first kappa shape index (κ1) is 14.5. The van der Waals surface area contributed by atoms with Gasteiger partial charge in [0.25, 0.3) is 5.91 Å². The average molecular weight is 309 g/mol. The van der Waals surface area contributed by atoms with Gasteiger partial charge < -0.3 is 10.0 Å². The van der Waals surface area contributed by atoms with Crippen LogP contribution in [0.2, 0.25) is 0 Å². The first-order chi connectivity index (χ1) is 9.86. The molecule has 0 radical (unpaired) electrons. The molecule has 2 saturated heterocycles. The van der Waals surface area contributed by atoms with Crippen LogP contribution in [0.15, 0.2) is 29.2 Å². The van der Waals surface area contributed by atoms with Gasteiger partial charge in [-0.2, -0.15) is 0 Å². The molecule has 0 spiro atoms. The van der Waals surface area contributed by atoms with Crippen molar-refractivity contribution < 1.29 is 18.3 Å². The zero-order valence-electron chi connectivity index (χ0n) is 11.9. The van der Waals surface area contributed by atoms with Crippen LogP contribution in [0.25, 0.3) is 0 Å². The summed E-state index contributed by atoms with van der Waals surface area (Å²) in [7, 11) is -3.32. The Morgan fingerprint density at radius 3 is 2.43 bits per heavy atom. The maximum Gasteiger partial charge on any atom is 0.254 e. The fraction of sp³-hybridized carbons (Fsp3) is 0.533. The van der Waals surface area contributed by atoms with E-state index >= 15 is 0 Å². The van der Waals surface area contributed by atoms with E-state index in [0.29, 0.717) is 18.4 Å². The summed E-state index contributed by atoms with van der Waals surface area (Å²) < 4.78 is 23.2. The molecule has 2 heterocycles. The highest BCUT2D eigenvalue weighted by molar-refractivity contribution is 7.90. The van der Waals surface area contributed by atoms with E-state index in [2.05, 4.69) is 0 Å². The van der Waals surface area contributed by atoms with Gasteiger partial charge in [0.05, 0.1) is 11.0 Å². The van der Waals surface area contributed by atoms with Crippen LogP contribution < -0.4 is 0 Å². The molecular formula is C15H19NO4S. The lowest BCUT2D eigenvalue weighted by Crippen LogP contribution is -2.48. The summed E-state index contributed by atoms with van der Waals surface area (Å²) in [4.78, 5) is 14.7. The molecule has 2 bridgehead atoms. The quantitative estimate of drug-likeness (QED) is 0.891. The van der Waals surface area contributed by atoms with Crippen molar-refractivity contribution in [3.8, 4) is 0 Å². The molecule has 21 heavy (non-hydrogen) atoms. The summed E-state index contributed by atoms with van der Waals surface area (Å²) in [5.74, 6) is -0.125. The van der Waals surface area contributed by atoms with Crippen LogP contribution in [0.1, 0.15) is 36.0 Å². The number of aliphatic hydroxyl groups excluding tert-OH is 1. The molecule has 5 nitrogen and oxygen atoms in total. The van der Waals surface area contributed by atoms with E-state index in [1.165, 1.54) is 12.1 Å². The molecule has 2 unspecified atom stereocenters. The van der Waals surface area contributed by atoms with Crippen LogP contribution >= 0.6 is 0 Å². The molecule has 2 aliphatic rings. The predicted octanol–water partition coefficient (Wildman–Crippen LogP) is 1.22. The number of hydrogen-bond donors (Lipinski definition) is 1. The highest BCUT2D eigenvalue weighted by atomic mass is 32.2. The number of carbonyl (C=O) groups is 1. The lowest BCUT2D eigenvalue weighted by Gasteiger charge is -2.37. The van der Waals surface area contributed by atoms with Crippen LogP contribution in [0.3, 0.4) is 0 Å². The fourth-order valence-electron chi connectivity index (χ4n) is 3.49. The monoisotopic (exact) mass is 309 g/mol. The Bertz CT molecular complexity index is 656. The largest absolute Gasteiger partial charge is 0.393 e. The summed E-state index contributed by atoms with van der Waals surface area (Å²) in [5.41, 5.74) is 0.409. The average Bonchev–Trinajstić information content (AvgIpc) is 2.69. The molecular weight excluding hydrogens is 290 g/mol. The number of carbonyl (C=O) groups excluding carboxylic acids is 1. The Kier molecular flexibility index (Phi) is 3.53. The van der Waals surface area contributed by atoms with E-state index in [9.17, 15) is 18.3 Å². The van der Waals surface area contributed by atoms with Gasteiger partial charge in [-0.1, -0.05) is 6.07 Å². The summed E-state index contributed by atoms with van der Waals surface area (Å²) in [6.45, 7) is 0. The van der Waals surface area contributed by atoms with Crippen molar-refractivity contribution in [1.29, 1.82) is 0 Å². The molecule has 2 atom stereocenters. The summed E-state index contributed by atoms with van der Waals surface area (Å²) in [6.07, 6.45) is 3.88. The first-order valence-electron chi connectivity index (χ1n) is 7.17. The highest BCUT2D eigenvalue weighted by Crippen LogP contribution is 2.36. The van der Waals surface area contributed by atoms with Gasteiger partial charge >= 0.3 is 0 Å². The molecule has 3 rings (SSSR count). The van der Waals surface area contributed by atoms with Gasteiger partial charge in [0, 0.05) is 23.9 Å². The third-order valence-corrected chi connectivity index (χ3v) is 5.56. The molecule has 0 aliphatic carbocycles. The predicted molar refractivity (Wildman–Crippen MR) is 77.8 cm³/mol. The zero-order chi connectivity index (χ0) is 15.2. The minimum absolute atomic E-state index is 0.0770. The molecule has 0 saturated carbocycles. The number of piperidine rings is 1. The van der Waals surface area contributed by atoms with E-state index in [-0.39, 0.29) is 29.0 Å². The van der Waals surface area contributed by atoms with Crippen molar-refractivity contribution in [1.82, 2.24) is 4.90 Å².